The topological polar surface area (TPSA) is 42.1 Å². The maximum absolute atomic E-state index is 14.1. The Bertz CT molecular complexity index is 884. The number of nitrogens with one attached hydrogen (secondary N) is 1. The molecule has 3 aromatic rings. The zero-order valence-electron chi connectivity index (χ0n) is 12.0. The van der Waals surface area contributed by atoms with Crippen molar-refractivity contribution in [2.45, 2.75) is 6.92 Å². The van der Waals surface area contributed by atoms with Crippen LogP contribution < -0.4 is 4.74 Å². The number of halogens is 2. The Morgan fingerprint density at radius 3 is 2.64 bits per heavy atom. The molecule has 0 spiro atoms. The van der Waals surface area contributed by atoms with Gasteiger partial charge in [-0.25, -0.2) is 8.78 Å². The lowest BCUT2D eigenvalue weighted by Crippen LogP contribution is -1.92. The lowest BCUT2D eigenvalue weighted by atomic mass is 10.0. The lowest BCUT2D eigenvalue weighted by molar-refractivity contribution is 0.112. The summed E-state index contributed by atoms with van der Waals surface area (Å²) in [6.45, 7) is 1.81. The molecule has 1 heterocycles. The molecule has 0 amide bonds. The fourth-order valence-electron chi connectivity index (χ4n) is 2.63. The molecule has 1 aromatic heterocycles. The van der Waals surface area contributed by atoms with Crippen molar-refractivity contribution < 1.29 is 18.3 Å². The predicted molar refractivity (Wildman–Crippen MR) is 80.3 cm³/mol. The number of aryl methyl sites for hydroxylation is 1. The van der Waals surface area contributed by atoms with Gasteiger partial charge in [-0.3, -0.25) is 4.79 Å². The second kappa shape index (κ2) is 5.26. The minimum Gasteiger partial charge on any atom is -0.496 e. The van der Waals surface area contributed by atoms with Crippen LogP contribution in [0.2, 0.25) is 0 Å². The number of H-pyrrole nitrogens is 1. The van der Waals surface area contributed by atoms with Crippen LogP contribution in [0, 0.1) is 18.6 Å². The number of aromatic amines is 1. The minimum atomic E-state index is -0.499. The fraction of sp³-hybridized carbons (Fsp3) is 0.118. The van der Waals surface area contributed by atoms with E-state index in [-0.39, 0.29) is 10.9 Å². The maximum atomic E-state index is 14.1. The molecule has 0 aliphatic heterocycles. The third kappa shape index (κ3) is 2.06. The number of hydrogen-bond donors (Lipinski definition) is 1. The van der Waals surface area contributed by atoms with Crippen molar-refractivity contribution in [3.05, 3.63) is 53.1 Å². The first-order valence-corrected chi connectivity index (χ1v) is 6.66. The number of aromatic nitrogens is 1. The highest BCUT2D eigenvalue weighted by molar-refractivity contribution is 6.06. The summed E-state index contributed by atoms with van der Waals surface area (Å²) in [5, 5.41) is 0.205. The van der Waals surface area contributed by atoms with E-state index in [0.29, 0.717) is 28.8 Å². The summed E-state index contributed by atoms with van der Waals surface area (Å²) in [4.78, 5) is 14.5. The van der Waals surface area contributed by atoms with E-state index in [1.165, 1.54) is 31.4 Å². The molecule has 5 heteroatoms. The van der Waals surface area contributed by atoms with Gasteiger partial charge in [0.1, 0.15) is 17.4 Å². The van der Waals surface area contributed by atoms with E-state index >= 15 is 0 Å². The van der Waals surface area contributed by atoms with E-state index in [1.54, 1.807) is 13.0 Å². The monoisotopic (exact) mass is 301 g/mol. The molecular formula is C17H13F2NO2. The van der Waals surface area contributed by atoms with Crippen molar-refractivity contribution >= 4 is 17.2 Å². The predicted octanol–water partition coefficient (Wildman–Crippen LogP) is 4.24. The van der Waals surface area contributed by atoms with Crippen LogP contribution >= 0.6 is 0 Å². The Labute approximate surface area is 125 Å². The van der Waals surface area contributed by atoms with Gasteiger partial charge >= 0.3 is 0 Å². The van der Waals surface area contributed by atoms with Crippen LogP contribution in [0.5, 0.6) is 5.75 Å². The largest absolute Gasteiger partial charge is 0.496 e. The van der Waals surface area contributed by atoms with Crippen molar-refractivity contribution in [2.24, 2.45) is 0 Å². The highest BCUT2D eigenvalue weighted by Crippen LogP contribution is 2.37. The molecule has 3 nitrogen and oxygen atoms in total. The molecule has 3 rings (SSSR count). The molecule has 0 aliphatic rings. The van der Waals surface area contributed by atoms with Crippen LogP contribution in [0.25, 0.3) is 22.2 Å². The molecule has 22 heavy (non-hydrogen) atoms. The third-order valence-corrected chi connectivity index (χ3v) is 3.70. The van der Waals surface area contributed by atoms with Crippen molar-refractivity contribution in [1.29, 1.82) is 0 Å². The number of benzene rings is 2. The zero-order valence-corrected chi connectivity index (χ0v) is 12.0. The van der Waals surface area contributed by atoms with Gasteiger partial charge < -0.3 is 9.72 Å². The lowest BCUT2D eigenvalue weighted by Gasteiger charge is -2.07. The average Bonchev–Trinajstić information content (AvgIpc) is 2.91. The molecule has 2 aromatic carbocycles. The second-order valence-electron chi connectivity index (χ2n) is 4.99. The Balaban J connectivity index is 2.42. The Hall–Kier alpha value is -2.69. The SMILES string of the molecule is COc1ccc(F)cc1-c1[nH]c2c(C)ccc(F)c2c1C=O. The molecular weight excluding hydrogens is 288 g/mol. The highest BCUT2D eigenvalue weighted by atomic mass is 19.1. The van der Waals surface area contributed by atoms with Gasteiger partial charge in [-0.2, -0.15) is 0 Å². The quantitative estimate of drug-likeness (QED) is 0.735. The summed E-state index contributed by atoms with van der Waals surface area (Å²) in [5.74, 6) is -0.571. The number of aldehydes is 1. The molecule has 0 radical (unpaired) electrons. The standard InChI is InChI=1S/C17H13F2NO2/c1-9-3-5-13(19)15-12(8-21)17(20-16(9)15)11-7-10(18)4-6-14(11)22-2/h3-8,20H,1-2H3. The number of methoxy groups -OCH3 is 1. The smallest absolute Gasteiger partial charge is 0.152 e. The normalized spacial score (nSPS) is 10.9. The number of ether oxygens (including phenoxy) is 1. The van der Waals surface area contributed by atoms with Gasteiger partial charge in [-0.1, -0.05) is 6.07 Å². The Morgan fingerprint density at radius 2 is 1.95 bits per heavy atom. The molecule has 0 fully saturated rings. The summed E-state index contributed by atoms with van der Waals surface area (Å²) in [6, 6.07) is 6.91. The van der Waals surface area contributed by atoms with Crippen LogP contribution in [-0.4, -0.2) is 18.4 Å². The van der Waals surface area contributed by atoms with Crippen molar-refractivity contribution in [2.75, 3.05) is 7.11 Å². The van der Waals surface area contributed by atoms with E-state index < -0.39 is 11.6 Å². The average molecular weight is 301 g/mol. The zero-order chi connectivity index (χ0) is 15.9. The molecule has 112 valence electrons. The van der Waals surface area contributed by atoms with Crippen molar-refractivity contribution in [3.8, 4) is 17.0 Å². The van der Waals surface area contributed by atoms with Gasteiger partial charge in [0, 0.05) is 10.9 Å². The van der Waals surface area contributed by atoms with Crippen molar-refractivity contribution in [1.82, 2.24) is 4.98 Å². The number of carbonyl (C=O) groups is 1. The highest BCUT2D eigenvalue weighted by Gasteiger charge is 2.20. The van der Waals surface area contributed by atoms with Gasteiger partial charge in [0.15, 0.2) is 6.29 Å². The molecule has 0 bridgehead atoms. The van der Waals surface area contributed by atoms with E-state index in [0.717, 1.165) is 5.56 Å². The molecule has 1 N–H and O–H groups in total. The van der Waals surface area contributed by atoms with E-state index in [4.69, 9.17) is 4.74 Å². The van der Waals surface area contributed by atoms with E-state index in [1.807, 2.05) is 0 Å². The fourth-order valence-corrected chi connectivity index (χ4v) is 2.63. The minimum absolute atomic E-state index is 0.153. The van der Waals surface area contributed by atoms with Gasteiger partial charge in [0.05, 0.1) is 23.9 Å². The van der Waals surface area contributed by atoms with Crippen LogP contribution in [0.1, 0.15) is 15.9 Å². The number of fused-ring (bicyclic) bond motifs is 1. The number of carbonyl (C=O) groups excluding carboxylic acids is 1. The summed E-state index contributed by atoms with van der Waals surface area (Å²) < 4.78 is 32.9. The second-order valence-corrected chi connectivity index (χ2v) is 4.99. The maximum Gasteiger partial charge on any atom is 0.152 e. The molecule has 0 atom stereocenters. The van der Waals surface area contributed by atoms with Gasteiger partial charge in [-0.05, 0) is 36.8 Å². The molecule has 0 saturated carbocycles. The van der Waals surface area contributed by atoms with Crippen LogP contribution in [0.15, 0.2) is 30.3 Å². The Morgan fingerprint density at radius 1 is 1.18 bits per heavy atom. The van der Waals surface area contributed by atoms with Gasteiger partial charge in [0.2, 0.25) is 0 Å². The number of rotatable bonds is 3. The first kappa shape index (κ1) is 14.3. The van der Waals surface area contributed by atoms with Crippen molar-refractivity contribution in [3.63, 3.8) is 0 Å². The molecule has 0 unspecified atom stereocenters. The van der Waals surface area contributed by atoms with Crippen LogP contribution in [-0.2, 0) is 0 Å². The van der Waals surface area contributed by atoms with E-state index in [9.17, 15) is 13.6 Å². The summed E-state index contributed by atoms with van der Waals surface area (Å²) in [7, 11) is 1.45. The summed E-state index contributed by atoms with van der Waals surface area (Å²) in [6.07, 6.45) is 0.570. The first-order valence-electron chi connectivity index (χ1n) is 6.66. The first-order chi connectivity index (χ1) is 10.6. The summed E-state index contributed by atoms with van der Waals surface area (Å²) in [5.41, 5.74) is 2.18. The number of hydrogen-bond acceptors (Lipinski definition) is 2. The van der Waals surface area contributed by atoms with Gasteiger partial charge in [0.25, 0.3) is 0 Å². The van der Waals surface area contributed by atoms with Crippen LogP contribution in [0.3, 0.4) is 0 Å². The van der Waals surface area contributed by atoms with Crippen LogP contribution in [0.4, 0.5) is 8.78 Å². The molecule has 0 saturated heterocycles. The van der Waals surface area contributed by atoms with E-state index in [2.05, 4.69) is 4.98 Å². The van der Waals surface area contributed by atoms with Gasteiger partial charge in [-0.15, -0.1) is 0 Å². The Kier molecular flexibility index (Phi) is 3.41. The summed E-state index contributed by atoms with van der Waals surface area (Å²) >= 11 is 0. The molecule has 0 aliphatic carbocycles. The third-order valence-electron chi connectivity index (χ3n) is 3.70.